The third-order valence-corrected chi connectivity index (χ3v) is 18.1. The van der Waals surface area contributed by atoms with Gasteiger partial charge in [-0.3, -0.25) is 14.4 Å². The number of nitrogens with one attached hydrogen (secondary N) is 3. The predicted octanol–water partition coefficient (Wildman–Crippen LogP) is 0.909. The highest BCUT2D eigenvalue weighted by molar-refractivity contribution is 5.77. The van der Waals surface area contributed by atoms with Crippen LogP contribution >= 0.6 is 0 Å². The van der Waals surface area contributed by atoms with Crippen LogP contribution in [-0.4, -0.2) is 269 Å². The predicted molar refractivity (Wildman–Crippen MR) is 346 cm³/mol. The van der Waals surface area contributed by atoms with Crippen LogP contribution in [-0.2, 0) is 57.1 Å². The summed E-state index contributed by atoms with van der Waals surface area (Å²) in [5.74, 6) is -7.38. The lowest BCUT2D eigenvalue weighted by Crippen LogP contribution is -2.72. The van der Waals surface area contributed by atoms with Crippen LogP contribution in [0.5, 0.6) is 0 Å². The summed E-state index contributed by atoms with van der Waals surface area (Å²) in [7, 11) is 0. The van der Waals surface area contributed by atoms with E-state index >= 15 is 0 Å². The van der Waals surface area contributed by atoms with Crippen molar-refractivity contribution in [3.8, 4) is 0 Å². The second-order valence-corrected chi connectivity index (χ2v) is 26.1. The number of carboxylic acids is 1. The molecule has 0 bridgehead atoms. The van der Waals surface area contributed by atoms with E-state index in [0.717, 1.165) is 78.1 Å². The highest BCUT2D eigenvalue weighted by atomic mass is 16.8. The molecule has 23 atom stereocenters. The number of hydrogen-bond acceptors (Lipinski definition) is 25. The summed E-state index contributed by atoms with van der Waals surface area (Å²) in [5, 5.41) is 163. The third-order valence-electron chi connectivity index (χ3n) is 18.1. The number of carbonyl (C=O) groups excluding carboxylic acids is 3. The first-order valence-corrected chi connectivity index (χ1v) is 35.2. The molecule has 4 rings (SSSR count). The first kappa shape index (κ1) is 84.9. The Morgan fingerprint density at radius 1 is 0.542 bits per heavy atom. The Kier molecular flexibility index (Phi) is 40.8. The average Bonchev–Trinajstić information content (AvgIpc) is 0.752. The summed E-state index contributed by atoms with van der Waals surface area (Å²) in [6.45, 7) is 1.70. The second-order valence-electron chi connectivity index (χ2n) is 26.1. The maximum Gasteiger partial charge on any atom is 0.364 e. The standard InChI is InChI=1S/C67H119N3O26/c1-5-7-9-11-13-15-17-19-20-22-24-26-28-30-32-34-50(80)70-43(44(77)33-31-29-27-25-23-21-18-16-14-12-10-8-6-2)40-89-64-57(85)56(84)59(48(38-73)91-64)93-65-58(86)62(60(49(39-74)92-65)94-63-52(69-42(4)76)55(83)54(82)47(37-72)90-63)96-67(66(87)88)35-45(78)51(68-41(3)75)61(95-67)53(81)46(79)36-71/h19-20,31,33,43-49,51-65,71-74,77-79,81-86H,5-18,21-30,32,34-40H2,1-4H3,(H,68,75)(H,69,76)(H,70,80)(H,87,88)/b20-19?,33-31+/t43-,44+,45-,46+,47+,48+,49+,51+,52+,53+,54-,55+,56+,57+,58+,59+,60-,61+,62+,63-,64+,65-,67-/m0/s1. The normalized spacial score (nSPS) is 32.4. The second kappa shape index (κ2) is 46.1. The first-order valence-electron chi connectivity index (χ1n) is 35.2. The van der Waals surface area contributed by atoms with Crippen molar-refractivity contribution >= 4 is 23.7 Å². The molecule has 29 nitrogen and oxygen atoms in total. The molecule has 0 aromatic rings. The van der Waals surface area contributed by atoms with Crippen LogP contribution in [0.4, 0.5) is 0 Å². The number of allylic oxidation sites excluding steroid dienone is 3. The van der Waals surface area contributed by atoms with Crippen LogP contribution in [0.1, 0.15) is 201 Å². The van der Waals surface area contributed by atoms with E-state index in [9.17, 15) is 90.7 Å². The largest absolute Gasteiger partial charge is 0.477 e. The van der Waals surface area contributed by atoms with Crippen molar-refractivity contribution in [2.45, 2.75) is 342 Å². The fourth-order valence-electron chi connectivity index (χ4n) is 12.5. The molecule has 0 aromatic heterocycles. The van der Waals surface area contributed by atoms with Crippen molar-refractivity contribution in [3.05, 3.63) is 24.3 Å². The van der Waals surface area contributed by atoms with Gasteiger partial charge in [-0.2, -0.15) is 0 Å². The lowest BCUT2D eigenvalue weighted by molar-refractivity contribution is -0.401. The molecular formula is C67H119N3O26. The number of aliphatic carboxylic acids is 1. The molecule has 0 saturated carbocycles. The number of ether oxygens (including phenoxy) is 8. The first-order chi connectivity index (χ1) is 46.0. The highest BCUT2D eigenvalue weighted by Gasteiger charge is 2.61. The lowest BCUT2D eigenvalue weighted by atomic mass is 9.88. The number of hydrogen-bond donors (Lipinski definition) is 17. The maximum atomic E-state index is 13.6. The van der Waals surface area contributed by atoms with Gasteiger partial charge in [-0.1, -0.05) is 154 Å². The Labute approximate surface area is 565 Å². The molecule has 0 aliphatic carbocycles. The quantitative estimate of drug-likeness (QED) is 0.0297. The van der Waals surface area contributed by atoms with E-state index in [4.69, 9.17) is 37.9 Å². The van der Waals surface area contributed by atoms with Gasteiger partial charge in [0.15, 0.2) is 18.9 Å². The van der Waals surface area contributed by atoms with Crippen LogP contribution in [0.3, 0.4) is 0 Å². The number of amides is 3. The molecule has 4 saturated heterocycles. The van der Waals surface area contributed by atoms with E-state index in [0.29, 0.717) is 12.8 Å². The number of rotatable bonds is 48. The Balaban J connectivity index is 1.55. The maximum absolute atomic E-state index is 13.6. The zero-order valence-electron chi connectivity index (χ0n) is 56.8. The van der Waals surface area contributed by atoms with Gasteiger partial charge in [0.1, 0.15) is 91.5 Å². The van der Waals surface area contributed by atoms with E-state index in [1.807, 2.05) is 6.08 Å². The molecule has 96 heavy (non-hydrogen) atoms. The van der Waals surface area contributed by atoms with Crippen molar-refractivity contribution in [1.82, 2.24) is 16.0 Å². The Hall–Kier alpha value is -3.48. The smallest absolute Gasteiger partial charge is 0.364 e. The molecule has 0 aromatic carbocycles. The number of carboxylic acid groups (broad SMARTS) is 1. The van der Waals surface area contributed by atoms with E-state index in [2.05, 4.69) is 41.9 Å². The van der Waals surface area contributed by atoms with Gasteiger partial charge in [0.25, 0.3) is 5.79 Å². The fraction of sp³-hybridized carbons (Fsp3) is 0.881. The van der Waals surface area contributed by atoms with Gasteiger partial charge in [0.2, 0.25) is 17.7 Å². The van der Waals surface area contributed by atoms with Crippen molar-refractivity contribution < 1.29 is 129 Å². The van der Waals surface area contributed by atoms with E-state index in [1.165, 1.54) is 83.5 Å². The summed E-state index contributed by atoms with van der Waals surface area (Å²) in [5.41, 5.74) is 0. The zero-order valence-corrected chi connectivity index (χ0v) is 56.8. The minimum Gasteiger partial charge on any atom is -0.477 e. The monoisotopic (exact) mass is 1380 g/mol. The molecule has 29 heteroatoms. The van der Waals surface area contributed by atoms with Gasteiger partial charge in [0, 0.05) is 26.7 Å². The highest BCUT2D eigenvalue weighted by Crippen LogP contribution is 2.40. The SMILES string of the molecule is CCCCCCCCC=CCCCCCCCC(=O)N[C@@H](CO[C@@H]1O[C@H](CO)[C@@H](O[C@@H]2O[C@H](CO)[C@H](O[C@@H]3O[C@H](CO)[C@H](O)[C@H](O)[C@H]3NC(C)=O)[C@H](O[C@]3(C(=O)O)C[C@H](O)[C@@H](NC(C)=O)[C@H]([C@H](O)[C@H](O)CO)O3)[C@H]2O)[C@H](O)[C@H]1O)[C@H](O)/C=C/CCCCCCCCCCCCC. The van der Waals surface area contributed by atoms with Crippen molar-refractivity contribution in [1.29, 1.82) is 0 Å². The van der Waals surface area contributed by atoms with Crippen molar-refractivity contribution in [2.75, 3.05) is 33.0 Å². The van der Waals surface area contributed by atoms with Crippen LogP contribution in [0.15, 0.2) is 24.3 Å². The van der Waals surface area contributed by atoms with Gasteiger partial charge in [0.05, 0.1) is 57.3 Å². The Bertz CT molecular complexity index is 2220. The number of unbranched alkanes of at least 4 members (excludes halogenated alkanes) is 22. The van der Waals surface area contributed by atoms with Crippen LogP contribution in [0.2, 0.25) is 0 Å². The summed E-state index contributed by atoms with van der Waals surface area (Å²) < 4.78 is 47.9. The molecule has 0 spiro atoms. The number of aliphatic hydroxyl groups excluding tert-OH is 13. The molecular weight excluding hydrogens is 1260 g/mol. The van der Waals surface area contributed by atoms with Crippen LogP contribution in [0, 0.1) is 0 Å². The molecule has 0 radical (unpaired) electrons. The molecule has 17 N–H and O–H groups in total. The van der Waals surface area contributed by atoms with Gasteiger partial charge in [-0.15, -0.1) is 0 Å². The average molecular weight is 1380 g/mol. The van der Waals surface area contributed by atoms with Gasteiger partial charge in [-0.25, -0.2) is 4.79 Å². The topological polar surface area (TPSA) is 461 Å². The summed E-state index contributed by atoms with van der Waals surface area (Å²) in [6.07, 6.45) is -3.51. The molecule has 4 aliphatic heterocycles. The summed E-state index contributed by atoms with van der Waals surface area (Å²) >= 11 is 0. The van der Waals surface area contributed by atoms with E-state index < -0.39 is 198 Å². The fourth-order valence-corrected chi connectivity index (χ4v) is 12.5. The van der Waals surface area contributed by atoms with E-state index in [-0.39, 0.29) is 12.3 Å². The Morgan fingerprint density at radius 2 is 1.02 bits per heavy atom. The third kappa shape index (κ3) is 27.5. The number of carbonyl (C=O) groups is 4. The zero-order chi connectivity index (χ0) is 70.7. The Morgan fingerprint density at radius 3 is 1.54 bits per heavy atom. The van der Waals surface area contributed by atoms with E-state index in [1.54, 1.807) is 6.08 Å². The van der Waals surface area contributed by atoms with Gasteiger partial charge >= 0.3 is 5.97 Å². The molecule has 4 aliphatic rings. The minimum atomic E-state index is -3.28. The number of aliphatic hydroxyl groups is 13. The molecule has 4 heterocycles. The van der Waals surface area contributed by atoms with Crippen LogP contribution in [0.25, 0.3) is 0 Å². The van der Waals surface area contributed by atoms with Crippen LogP contribution < -0.4 is 16.0 Å². The summed E-state index contributed by atoms with van der Waals surface area (Å²) in [6, 6.07) is -4.53. The minimum absolute atomic E-state index is 0.148. The van der Waals surface area contributed by atoms with Crippen molar-refractivity contribution in [2.24, 2.45) is 0 Å². The lowest BCUT2D eigenvalue weighted by Gasteiger charge is -2.52. The van der Waals surface area contributed by atoms with Gasteiger partial charge in [-0.05, 0) is 44.9 Å². The molecule has 3 amide bonds. The molecule has 0 unspecified atom stereocenters. The molecule has 558 valence electrons. The van der Waals surface area contributed by atoms with Gasteiger partial charge < -0.3 is 125 Å². The molecule has 4 fully saturated rings. The van der Waals surface area contributed by atoms with Crippen molar-refractivity contribution in [3.63, 3.8) is 0 Å². The summed E-state index contributed by atoms with van der Waals surface area (Å²) in [4.78, 5) is 51.9.